The third-order valence-corrected chi connectivity index (χ3v) is 5.38. The molecule has 2 aliphatic carbocycles. The molecule has 3 rings (SSSR count). The van der Waals surface area contributed by atoms with Crippen LogP contribution in [0.25, 0.3) is 0 Å². The summed E-state index contributed by atoms with van der Waals surface area (Å²) < 4.78 is 0. The van der Waals surface area contributed by atoms with Gasteiger partial charge < -0.3 is 16.0 Å². The number of carbonyl (C=O) groups excluding carboxylic acids is 1. The molecule has 0 radical (unpaired) electrons. The van der Waals surface area contributed by atoms with Crippen molar-refractivity contribution in [2.24, 2.45) is 23.5 Å². The van der Waals surface area contributed by atoms with Crippen molar-refractivity contribution in [1.29, 1.82) is 0 Å². The first-order valence-electron chi connectivity index (χ1n) is 7.83. The van der Waals surface area contributed by atoms with Gasteiger partial charge in [0.25, 0.3) is 0 Å². The molecule has 3 fully saturated rings. The Balaban J connectivity index is 1.41. The lowest BCUT2D eigenvalue weighted by atomic mass is 10.0. The van der Waals surface area contributed by atoms with Crippen LogP contribution in [0.4, 0.5) is 0 Å². The molecule has 2 saturated carbocycles. The van der Waals surface area contributed by atoms with Crippen LogP contribution in [0.2, 0.25) is 0 Å². The Kier molecular flexibility index (Phi) is 3.81. The molecule has 0 spiro atoms. The van der Waals surface area contributed by atoms with Crippen molar-refractivity contribution in [3.8, 4) is 0 Å². The maximum Gasteiger partial charge on any atom is 0.220 e. The Morgan fingerprint density at radius 3 is 2.53 bits per heavy atom. The summed E-state index contributed by atoms with van der Waals surface area (Å²) in [7, 11) is 2.14. The summed E-state index contributed by atoms with van der Waals surface area (Å²) in [6, 6.07) is 0.842. The average molecular weight is 265 g/mol. The first kappa shape index (κ1) is 13.4. The van der Waals surface area contributed by atoms with E-state index >= 15 is 0 Å². The minimum atomic E-state index is 0.273. The number of rotatable bonds is 3. The highest BCUT2D eigenvalue weighted by Crippen LogP contribution is 2.43. The largest absolute Gasteiger partial charge is 0.353 e. The average Bonchev–Trinajstić information content (AvgIpc) is 2.93. The summed E-state index contributed by atoms with van der Waals surface area (Å²) in [6.45, 7) is 2.22. The van der Waals surface area contributed by atoms with Crippen LogP contribution < -0.4 is 11.1 Å². The van der Waals surface area contributed by atoms with Gasteiger partial charge >= 0.3 is 0 Å². The third-order valence-electron chi connectivity index (χ3n) is 5.38. The van der Waals surface area contributed by atoms with Gasteiger partial charge in [0.2, 0.25) is 5.91 Å². The molecule has 4 nitrogen and oxygen atoms in total. The van der Waals surface area contributed by atoms with E-state index in [2.05, 4.69) is 17.3 Å². The van der Waals surface area contributed by atoms with Crippen LogP contribution in [-0.2, 0) is 4.79 Å². The predicted molar refractivity (Wildman–Crippen MR) is 75.6 cm³/mol. The quantitative estimate of drug-likeness (QED) is 0.799. The fourth-order valence-electron chi connectivity index (χ4n) is 4.52. The Hall–Kier alpha value is -0.610. The van der Waals surface area contributed by atoms with E-state index in [1.807, 2.05) is 0 Å². The van der Waals surface area contributed by atoms with E-state index in [9.17, 15) is 4.79 Å². The van der Waals surface area contributed by atoms with Gasteiger partial charge in [0, 0.05) is 25.0 Å². The van der Waals surface area contributed by atoms with Crippen LogP contribution in [0.5, 0.6) is 0 Å². The second kappa shape index (κ2) is 5.41. The lowest BCUT2D eigenvalue weighted by molar-refractivity contribution is -0.122. The van der Waals surface area contributed by atoms with Gasteiger partial charge in [-0.15, -0.1) is 0 Å². The van der Waals surface area contributed by atoms with Gasteiger partial charge in [-0.2, -0.15) is 0 Å². The van der Waals surface area contributed by atoms with E-state index in [1.54, 1.807) is 0 Å². The Bertz CT molecular complexity index is 332. The number of nitrogens with one attached hydrogen (secondary N) is 1. The SMILES string of the molecule is CN1CCC(CC(=O)NC2CC3CC(N)CC3C2)C1. The van der Waals surface area contributed by atoms with Crippen molar-refractivity contribution >= 4 is 5.91 Å². The third kappa shape index (κ3) is 3.11. The second-order valence-corrected chi connectivity index (χ2v) is 7.11. The van der Waals surface area contributed by atoms with Crippen molar-refractivity contribution in [2.75, 3.05) is 20.1 Å². The number of amides is 1. The van der Waals surface area contributed by atoms with Crippen molar-refractivity contribution in [2.45, 2.75) is 50.6 Å². The van der Waals surface area contributed by atoms with Gasteiger partial charge in [0.05, 0.1) is 0 Å². The molecule has 1 saturated heterocycles. The minimum Gasteiger partial charge on any atom is -0.353 e. The number of hydrogen-bond acceptors (Lipinski definition) is 3. The van der Waals surface area contributed by atoms with Crippen molar-refractivity contribution in [3.63, 3.8) is 0 Å². The van der Waals surface area contributed by atoms with Gasteiger partial charge in [0.1, 0.15) is 0 Å². The summed E-state index contributed by atoms with van der Waals surface area (Å²) in [5.74, 6) is 2.39. The first-order valence-corrected chi connectivity index (χ1v) is 7.83. The van der Waals surface area contributed by atoms with Crippen molar-refractivity contribution < 1.29 is 4.79 Å². The van der Waals surface area contributed by atoms with Crippen molar-refractivity contribution in [3.05, 3.63) is 0 Å². The fraction of sp³-hybridized carbons (Fsp3) is 0.933. The lowest BCUT2D eigenvalue weighted by Crippen LogP contribution is -2.35. The summed E-state index contributed by atoms with van der Waals surface area (Å²) in [5.41, 5.74) is 6.00. The van der Waals surface area contributed by atoms with Gasteiger partial charge in [-0.1, -0.05) is 0 Å². The zero-order valence-corrected chi connectivity index (χ0v) is 12.0. The summed E-state index contributed by atoms with van der Waals surface area (Å²) in [5, 5.41) is 3.27. The monoisotopic (exact) mass is 265 g/mol. The van der Waals surface area contributed by atoms with E-state index in [4.69, 9.17) is 5.73 Å². The molecule has 1 amide bonds. The molecular weight excluding hydrogens is 238 g/mol. The molecule has 4 heteroatoms. The maximum atomic E-state index is 12.1. The smallest absolute Gasteiger partial charge is 0.220 e. The number of nitrogens with zero attached hydrogens (tertiary/aromatic N) is 1. The normalized spacial score (nSPS) is 42.5. The van der Waals surface area contributed by atoms with Gasteiger partial charge in [-0.05, 0) is 63.5 Å². The first-order chi connectivity index (χ1) is 9.10. The zero-order valence-electron chi connectivity index (χ0n) is 12.0. The fourth-order valence-corrected chi connectivity index (χ4v) is 4.52. The standard InChI is InChI=1S/C15H27N3O/c1-18-3-2-10(9-18)4-15(19)17-14-7-11-5-13(16)6-12(11)8-14/h10-14H,2-9,16H2,1H3,(H,17,19). The molecule has 3 N–H and O–H groups in total. The van der Waals surface area contributed by atoms with E-state index in [0.717, 1.165) is 44.2 Å². The van der Waals surface area contributed by atoms with Crippen LogP contribution in [0.15, 0.2) is 0 Å². The number of hydrogen-bond donors (Lipinski definition) is 2. The number of likely N-dealkylation sites (tertiary alicyclic amines) is 1. The molecule has 1 heterocycles. The summed E-state index contributed by atoms with van der Waals surface area (Å²) >= 11 is 0. The Labute approximate surface area is 116 Å². The van der Waals surface area contributed by atoms with Gasteiger partial charge in [-0.3, -0.25) is 4.79 Å². The molecule has 108 valence electrons. The molecule has 3 aliphatic rings. The molecule has 0 aromatic rings. The van der Waals surface area contributed by atoms with E-state index in [1.165, 1.54) is 19.3 Å². The number of fused-ring (bicyclic) bond motifs is 1. The zero-order chi connectivity index (χ0) is 13.4. The summed E-state index contributed by atoms with van der Waals surface area (Å²) in [4.78, 5) is 14.4. The number of carbonyl (C=O) groups is 1. The predicted octanol–water partition coefficient (Wildman–Crippen LogP) is 0.960. The number of nitrogens with two attached hydrogens (primary N) is 1. The highest BCUT2D eigenvalue weighted by molar-refractivity contribution is 5.76. The van der Waals surface area contributed by atoms with E-state index in [-0.39, 0.29) is 5.91 Å². The topological polar surface area (TPSA) is 58.4 Å². The van der Waals surface area contributed by atoms with E-state index in [0.29, 0.717) is 18.0 Å². The lowest BCUT2D eigenvalue weighted by Gasteiger charge is -2.16. The molecule has 0 aromatic heterocycles. The molecule has 19 heavy (non-hydrogen) atoms. The molecule has 0 bridgehead atoms. The second-order valence-electron chi connectivity index (χ2n) is 7.11. The molecule has 3 unspecified atom stereocenters. The highest BCUT2D eigenvalue weighted by atomic mass is 16.1. The Morgan fingerprint density at radius 1 is 1.26 bits per heavy atom. The van der Waals surface area contributed by atoms with Gasteiger partial charge in [-0.25, -0.2) is 0 Å². The van der Waals surface area contributed by atoms with Crippen LogP contribution >= 0.6 is 0 Å². The van der Waals surface area contributed by atoms with Gasteiger partial charge in [0.15, 0.2) is 0 Å². The van der Waals surface area contributed by atoms with Crippen LogP contribution in [0.3, 0.4) is 0 Å². The van der Waals surface area contributed by atoms with Crippen molar-refractivity contribution in [1.82, 2.24) is 10.2 Å². The Morgan fingerprint density at radius 2 is 1.95 bits per heavy atom. The summed E-state index contributed by atoms with van der Waals surface area (Å²) in [6.07, 6.45) is 6.56. The molecular formula is C15H27N3O. The minimum absolute atomic E-state index is 0.273. The molecule has 1 aliphatic heterocycles. The van der Waals surface area contributed by atoms with Crippen LogP contribution in [0, 0.1) is 17.8 Å². The highest BCUT2D eigenvalue weighted by Gasteiger charge is 2.40. The van der Waals surface area contributed by atoms with Crippen LogP contribution in [-0.4, -0.2) is 43.0 Å². The van der Waals surface area contributed by atoms with Crippen LogP contribution in [0.1, 0.15) is 38.5 Å². The molecule has 0 aromatic carbocycles. The molecule has 3 atom stereocenters. The van der Waals surface area contributed by atoms with E-state index < -0.39 is 0 Å². The maximum absolute atomic E-state index is 12.1.